The Bertz CT molecular complexity index is 1220. The van der Waals surface area contributed by atoms with Gasteiger partial charge in [0.05, 0.1) is 23.1 Å². The lowest BCUT2D eigenvalue weighted by atomic mass is 9.58. The van der Waals surface area contributed by atoms with Crippen LogP contribution in [0.25, 0.3) is 5.76 Å². The number of ketones is 1. The second kappa shape index (κ2) is 9.09. The number of nitrogens with two attached hydrogens (primary N) is 1. The van der Waals surface area contributed by atoms with Gasteiger partial charge in [-0.3, -0.25) is 14.5 Å². The van der Waals surface area contributed by atoms with Gasteiger partial charge in [-0.1, -0.05) is 12.1 Å². The zero-order valence-electron chi connectivity index (χ0n) is 21.0. The van der Waals surface area contributed by atoms with Crippen molar-refractivity contribution >= 4 is 17.4 Å². The SMILES string of the molecule is C/C=C1/C(C(N)=O)=C(O)[C@@H](N(C)C)C2CC3Cc4c(C5CCNCC5)ccc(O)c4C(O)=C3C(=O)C12. The van der Waals surface area contributed by atoms with Gasteiger partial charge in [-0.05, 0) is 100 Å². The van der Waals surface area contributed by atoms with E-state index in [9.17, 15) is 24.9 Å². The highest BCUT2D eigenvalue weighted by Crippen LogP contribution is 2.53. The van der Waals surface area contributed by atoms with Crippen LogP contribution in [-0.2, 0) is 16.0 Å². The van der Waals surface area contributed by atoms with E-state index in [1.54, 1.807) is 19.1 Å². The van der Waals surface area contributed by atoms with Gasteiger partial charge in [-0.2, -0.15) is 0 Å². The van der Waals surface area contributed by atoms with E-state index >= 15 is 0 Å². The molecule has 3 aliphatic carbocycles. The van der Waals surface area contributed by atoms with E-state index in [0.29, 0.717) is 35.5 Å². The minimum absolute atomic E-state index is 0.0170. The third kappa shape index (κ3) is 3.58. The van der Waals surface area contributed by atoms with Crippen molar-refractivity contribution in [3.63, 3.8) is 0 Å². The number of aliphatic hydroxyl groups excluding tert-OH is 2. The maximum Gasteiger partial charge on any atom is 0.252 e. The Balaban J connectivity index is 1.66. The summed E-state index contributed by atoms with van der Waals surface area (Å²) in [7, 11) is 3.63. The summed E-state index contributed by atoms with van der Waals surface area (Å²) >= 11 is 0. The van der Waals surface area contributed by atoms with Crippen LogP contribution >= 0.6 is 0 Å². The molecule has 8 heteroatoms. The minimum atomic E-state index is -0.780. The Kier molecular flexibility index (Phi) is 6.21. The molecule has 0 radical (unpaired) electrons. The standard InChI is InChI=1S/C28H35N3O5/c1-4-15-21-18(24(31(2)3)27(35)23(15)28(29)36)12-14-11-17-16(13-7-9-30-10-8-13)5-6-19(32)22(17)26(34)20(14)25(21)33/h4-6,13-14,18,21,24,30,32,34-35H,7-12H2,1-3H3,(H2,29,36)/b15-4+/t14?,18?,21?,24-/m0/s1. The van der Waals surface area contributed by atoms with E-state index in [1.807, 2.05) is 25.1 Å². The molecule has 8 nitrogen and oxygen atoms in total. The van der Waals surface area contributed by atoms with E-state index in [2.05, 4.69) is 5.32 Å². The number of carbonyl (C=O) groups is 2. The summed E-state index contributed by atoms with van der Waals surface area (Å²) in [5, 5.41) is 36.8. The second-order valence-corrected chi connectivity index (χ2v) is 10.7. The maximum absolute atomic E-state index is 14.1. The quantitative estimate of drug-likeness (QED) is 0.437. The lowest BCUT2D eigenvalue weighted by Crippen LogP contribution is -2.52. The number of aromatic hydroxyl groups is 1. The Morgan fingerprint density at radius 2 is 1.83 bits per heavy atom. The highest BCUT2D eigenvalue weighted by atomic mass is 16.3. The number of Topliss-reactive ketones (excluding diaryl/α,β-unsaturated/α-hetero) is 1. The number of nitrogens with one attached hydrogen (secondary N) is 1. The third-order valence-electron chi connectivity index (χ3n) is 8.67. The van der Waals surface area contributed by atoms with Crippen molar-refractivity contribution in [3.05, 3.63) is 57.4 Å². The molecule has 0 aromatic heterocycles. The Labute approximate surface area is 211 Å². The van der Waals surface area contributed by atoms with Gasteiger partial charge in [-0.15, -0.1) is 0 Å². The number of fused-ring (bicyclic) bond motifs is 3. The van der Waals surface area contributed by atoms with Gasteiger partial charge in [0.15, 0.2) is 5.78 Å². The first-order valence-corrected chi connectivity index (χ1v) is 12.8. The van der Waals surface area contributed by atoms with Gasteiger partial charge in [0.25, 0.3) is 5.91 Å². The van der Waals surface area contributed by atoms with Crippen LogP contribution < -0.4 is 11.1 Å². The predicted octanol–water partition coefficient (Wildman–Crippen LogP) is 2.69. The number of primary amides is 1. The number of rotatable bonds is 3. The molecule has 4 aliphatic rings. The van der Waals surface area contributed by atoms with Gasteiger partial charge in [0.2, 0.25) is 0 Å². The molecular formula is C28H35N3O5. The molecule has 0 bridgehead atoms. The summed E-state index contributed by atoms with van der Waals surface area (Å²) in [5.41, 5.74) is 8.76. The number of allylic oxidation sites excluding steroid dienone is 2. The summed E-state index contributed by atoms with van der Waals surface area (Å²) in [6.45, 7) is 3.56. The number of likely N-dealkylation sites (N-methyl/N-ethyl adjacent to an activating group) is 1. The summed E-state index contributed by atoms with van der Waals surface area (Å²) in [6, 6.07) is 3.03. The van der Waals surface area contributed by atoms with Crippen molar-refractivity contribution in [3.8, 4) is 5.75 Å². The molecule has 3 unspecified atom stereocenters. The predicted molar refractivity (Wildman–Crippen MR) is 136 cm³/mol. The fraction of sp³-hybridized carbons (Fsp3) is 0.500. The van der Waals surface area contributed by atoms with Gasteiger partial charge in [-0.25, -0.2) is 0 Å². The number of benzene rings is 1. The number of aliphatic hydroxyl groups is 2. The molecular weight excluding hydrogens is 458 g/mol. The van der Waals surface area contributed by atoms with Gasteiger partial charge >= 0.3 is 0 Å². The molecule has 1 amide bonds. The number of nitrogens with zero attached hydrogens (tertiary/aromatic N) is 1. The van der Waals surface area contributed by atoms with Crippen LogP contribution in [0.2, 0.25) is 0 Å². The van der Waals surface area contributed by atoms with Crippen LogP contribution in [0.3, 0.4) is 0 Å². The first-order chi connectivity index (χ1) is 17.2. The molecule has 1 saturated carbocycles. The van der Waals surface area contributed by atoms with Gasteiger partial charge in [0, 0.05) is 5.57 Å². The number of hydrogen-bond donors (Lipinski definition) is 5. The molecule has 192 valence electrons. The first-order valence-electron chi connectivity index (χ1n) is 12.8. The fourth-order valence-corrected chi connectivity index (χ4v) is 7.23. The van der Waals surface area contributed by atoms with Crippen LogP contribution in [-0.4, -0.2) is 65.1 Å². The van der Waals surface area contributed by atoms with Crippen molar-refractivity contribution in [2.24, 2.45) is 23.5 Å². The lowest BCUT2D eigenvalue weighted by molar-refractivity contribution is -0.123. The van der Waals surface area contributed by atoms with E-state index in [0.717, 1.165) is 37.1 Å². The third-order valence-corrected chi connectivity index (χ3v) is 8.67. The van der Waals surface area contributed by atoms with Crippen LogP contribution in [0.4, 0.5) is 0 Å². The van der Waals surface area contributed by atoms with E-state index in [-0.39, 0.29) is 40.5 Å². The molecule has 36 heavy (non-hydrogen) atoms. The molecule has 2 fully saturated rings. The van der Waals surface area contributed by atoms with Crippen molar-refractivity contribution in [2.75, 3.05) is 27.2 Å². The molecule has 6 N–H and O–H groups in total. The highest BCUT2D eigenvalue weighted by Gasteiger charge is 2.53. The molecule has 1 aliphatic heterocycles. The Hall–Kier alpha value is -3.10. The zero-order chi connectivity index (χ0) is 25.9. The normalized spacial score (nSPS) is 29.9. The summed E-state index contributed by atoms with van der Waals surface area (Å²) in [4.78, 5) is 28.3. The monoisotopic (exact) mass is 493 g/mol. The molecule has 1 heterocycles. The van der Waals surface area contributed by atoms with Crippen molar-refractivity contribution in [1.29, 1.82) is 0 Å². The number of hydrogen-bond acceptors (Lipinski definition) is 7. The van der Waals surface area contributed by atoms with E-state index in [4.69, 9.17) is 5.73 Å². The molecule has 4 atom stereocenters. The number of carbonyl (C=O) groups excluding carboxylic acids is 2. The van der Waals surface area contributed by atoms with Crippen LogP contribution in [0.15, 0.2) is 40.7 Å². The van der Waals surface area contributed by atoms with Crippen molar-refractivity contribution in [1.82, 2.24) is 10.2 Å². The van der Waals surface area contributed by atoms with Crippen LogP contribution in [0.5, 0.6) is 5.75 Å². The summed E-state index contributed by atoms with van der Waals surface area (Å²) < 4.78 is 0. The number of phenols is 1. The summed E-state index contributed by atoms with van der Waals surface area (Å²) in [6.07, 6.45) is 4.71. The van der Waals surface area contributed by atoms with Gasteiger partial charge < -0.3 is 26.4 Å². The smallest absolute Gasteiger partial charge is 0.252 e. The van der Waals surface area contributed by atoms with Crippen molar-refractivity contribution < 1.29 is 24.9 Å². The average Bonchev–Trinajstić information content (AvgIpc) is 2.83. The zero-order valence-corrected chi connectivity index (χ0v) is 21.0. The van der Waals surface area contributed by atoms with Gasteiger partial charge in [0.1, 0.15) is 17.3 Å². The summed E-state index contributed by atoms with van der Waals surface area (Å²) in [5.74, 6) is -2.27. The number of phenolic OH excluding ortho intramolecular Hbond substituents is 1. The highest BCUT2D eigenvalue weighted by molar-refractivity contribution is 6.09. The average molecular weight is 494 g/mol. The number of amides is 1. The van der Waals surface area contributed by atoms with E-state index < -0.39 is 17.9 Å². The molecule has 1 aromatic rings. The molecule has 1 saturated heterocycles. The second-order valence-electron chi connectivity index (χ2n) is 10.7. The molecule has 0 spiro atoms. The Morgan fingerprint density at radius 3 is 2.44 bits per heavy atom. The minimum Gasteiger partial charge on any atom is -0.510 e. The Morgan fingerprint density at radius 1 is 1.14 bits per heavy atom. The van der Waals surface area contributed by atoms with E-state index in [1.165, 1.54) is 0 Å². The van der Waals surface area contributed by atoms with Crippen LogP contribution in [0, 0.1) is 17.8 Å². The largest absolute Gasteiger partial charge is 0.510 e. The number of piperidine rings is 1. The van der Waals surface area contributed by atoms with Crippen LogP contribution in [0.1, 0.15) is 48.8 Å². The topological polar surface area (TPSA) is 136 Å². The molecule has 5 rings (SSSR count). The fourth-order valence-electron chi connectivity index (χ4n) is 7.23. The first kappa shape index (κ1) is 24.6. The molecule has 1 aromatic carbocycles. The van der Waals surface area contributed by atoms with Crippen molar-refractivity contribution in [2.45, 2.75) is 44.6 Å². The lowest BCUT2D eigenvalue weighted by Gasteiger charge is -2.48. The maximum atomic E-state index is 14.1.